The zero-order valence-electron chi connectivity index (χ0n) is 8.75. The van der Waals surface area contributed by atoms with E-state index in [1.54, 1.807) is 12.2 Å². The Bertz CT molecular complexity index is 266. The van der Waals surface area contributed by atoms with E-state index in [2.05, 4.69) is 17.9 Å². The minimum Gasteiger partial charge on any atom is -0.468 e. The predicted molar refractivity (Wildman–Crippen MR) is 57.7 cm³/mol. The van der Waals surface area contributed by atoms with E-state index in [-0.39, 0.29) is 0 Å². The Morgan fingerprint density at radius 3 is 2.64 bits per heavy atom. The van der Waals surface area contributed by atoms with Crippen molar-refractivity contribution in [1.82, 2.24) is 0 Å². The third-order valence-corrected chi connectivity index (χ3v) is 1.75. The maximum absolute atomic E-state index is 11.0. The van der Waals surface area contributed by atoms with Gasteiger partial charge < -0.3 is 10.5 Å². The first-order valence-corrected chi connectivity index (χ1v) is 4.33. The van der Waals surface area contributed by atoms with Crippen molar-refractivity contribution in [3.05, 3.63) is 36.5 Å². The molecule has 0 bridgehead atoms. The van der Waals surface area contributed by atoms with Gasteiger partial charge in [0.05, 0.1) is 7.11 Å². The summed E-state index contributed by atoms with van der Waals surface area (Å²) in [7, 11) is 1.30. The molecule has 0 rings (SSSR count). The van der Waals surface area contributed by atoms with Crippen LogP contribution >= 0.6 is 0 Å². The van der Waals surface area contributed by atoms with E-state index in [0.29, 0.717) is 5.57 Å². The fourth-order valence-electron chi connectivity index (χ4n) is 0.971. The second-order valence-electron chi connectivity index (χ2n) is 3.06. The molecule has 3 heteroatoms. The van der Waals surface area contributed by atoms with Crippen LogP contribution in [0.5, 0.6) is 0 Å². The molecule has 78 valence electrons. The maximum atomic E-state index is 11.0. The van der Waals surface area contributed by atoms with Gasteiger partial charge in [0.1, 0.15) is 6.04 Å². The van der Waals surface area contributed by atoms with Crippen molar-refractivity contribution in [1.29, 1.82) is 0 Å². The van der Waals surface area contributed by atoms with Crippen LogP contribution in [0.1, 0.15) is 13.3 Å². The molecule has 0 aliphatic heterocycles. The number of esters is 1. The van der Waals surface area contributed by atoms with Crippen molar-refractivity contribution in [2.45, 2.75) is 19.4 Å². The molecule has 14 heavy (non-hydrogen) atoms. The molecule has 1 unspecified atom stereocenters. The van der Waals surface area contributed by atoms with E-state index < -0.39 is 12.0 Å². The molecule has 0 spiro atoms. The van der Waals surface area contributed by atoms with Crippen LogP contribution in [0.25, 0.3) is 0 Å². The van der Waals surface area contributed by atoms with Crippen LogP contribution in [0.2, 0.25) is 0 Å². The Hall–Kier alpha value is -1.35. The molecule has 0 saturated carbocycles. The van der Waals surface area contributed by atoms with Crippen molar-refractivity contribution in [3.63, 3.8) is 0 Å². The van der Waals surface area contributed by atoms with Gasteiger partial charge in [0, 0.05) is 0 Å². The number of rotatable bonds is 5. The smallest absolute Gasteiger partial charge is 0.327 e. The highest BCUT2D eigenvalue weighted by Crippen LogP contribution is 2.08. The molecular weight excluding hydrogens is 178 g/mol. The number of nitrogens with two attached hydrogens (primary N) is 1. The van der Waals surface area contributed by atoms with Gasteiger partial charge in [0.15, 0.2) is 0 Å². The van der Waals surface area contributed by atoms with Gasteiger partial charge in [-0.25, -0.2) is 0 Å². The first-order valence-electron chi connectivity index (χ1n) is 4.33. The number of carbonyl (C=O) groups excluding carboxylic acids is 1. The molecule has 3 nitrogen and oxygen atoms in total. The average Bonchev–Trinajstić information content (AvgIpc) is 2.15. The lowest BCUT2D eigenvalue weighted by Crippen LogP contribution is -2.32. The lowest BCUT2D eigenvalue weighted by Gasteiger charge is -2.09. The molecule has 0 aliphatic rings. The molecule has 0 aromatic carbocycles. The molecule has 0 aromatic rings. The van der Waals surface area contributed by atoms with E-state index in [9.17, 15) is 4.79 Å². The van der Waals surface area contributed by atoms with Gasteiger partial charge in [0.2, 0.25) is 0 Å². The van der Waals surface area contributed by atoms with Crippen molar-refractivity contribution in [2.75, 3.05) is 7.11 Å². The van der Waals surface area contributed by atoms with Crippen LogP contribution < -0.4 is 5.73 Å². The Balaban J connectivity index is 4.40. The zero-order valence-corrected chi connectivity index (χ0v) is 8.75. The van der Waals surface area contributed by atoms with E-state index >= 15 is 0 Å². The average molecular weight is 195 g/mol. The minimum atomic E-state index is -0.778. The number of ether oxygens (including phenoxy) is 1. The fraction of sp³-hybridized carbons (Fsp3) is 0.364. The summed E-state index contributed by atoms with van der Waals surface area (Å²) in [5.74, 6) is -0.474. The quantitative estimate of drug-likeness (QED) is 0.411. The molecule has 0 fully saturated rings. The summed E-state index contributed by atoms with van der Waals surface area (Å²) in [5.41, 5.74) is 7.18. The summed E-state index contributed by atoms with van der Waals surface area (Å²) < 4.78 is 4.50. The predicted octanol–water partition coefficient (Wildman–Crippen LogP) is 1.57. The molecule has 0 saturated heterocycles. The van der Waals surface area contributed by atoms with Gasteiger partial charge in [-0.05, 0) is 18.9 Å². The highest BCUT2D eigenvalue weighted by molar-refractivity contribution is 5.79. The van der Waals surface area contributed by atoms with E-state index in [1.165, 1.54) is 7.11 Å². The third-order valence-electron chi connectivity index (χ3n) is 1.75. The monoisotopic (exact) mass is 195 g/mol. The van der Waals surface area contributed by atoms with Crippen molar-refractivity contribution >= 4 is 5.97 Å². The maximum Gasteiger partial charge on any atom is 0.327 e. The first-order chi connectivity index (χ1) is 6.52. The Kier molecular flexibility index (Phi) is 5.56. The lowest BCUT2D eigenvalue weighted by atomic mass is 10.1. The molecule has 0 aliphatic carbocycles. The molecule has 0 amide bonds. The molecule has 1 atom stereocenters. The summed E-state index contributed by atoms with van der Waals surface area (Å²) in [6, 6.07) is -0.778. The first kappa shape index (κ1) is 12.7. The van der Waals surface area contributed by atoms with E-state index in [0.717, 1.165) is 12.0 Å². The largest absolute Gasteiger partial charge is 0.468 e. The summed E-state index contributed by atoms with van der Waals surface area (Å²) in [6.07, 6.45) is 4.32. The molecular formula is C11H17NO2. The van der Waals surface area contributed by atoms with Crippen LogP contribution in [-0.2, 0) is 9.53 Å². The van der Waals surface area contributed by atoms with Gasteiger partial charge in [-0.3, -0.25) is 4.79 Å². The zero-order chi connectivity index (χ0) is 11.1. The van der Waals surface area contributed by atoms with Gasteiger partial charge in [0.25, 0.3) is 0 Å². The number of allylic oxidation sites excluding steroid dienone is 2. The molecule has 0 aromatic heterocycles. The van der Waals surface area contributed by atoms with Crippen LogP contribution in [-0.4, -0.2) is 19.1 Å². The third kappa shape index (κ3) is 4.05. The minimum absolute atomic E-state index is 0.474. The van der Waals surface area contributed by atoms with Crippen molar-refractivity contribution < 1.29 is 9.53 Å². The van der Waals surface area contributed by atoms with Crippen LogP contribution in [0.15, 0.2) is 36.5 Å². The number of hydrogen-bond donors (Lipinski definition) is 1. The van der Waals surface area contributed by atoms with Gasteiger partial charge in [-0.15, -0.1) is 6.58 Å². The normalized spacial score (nSPS) is 13.2. The summed E-state index contributed by atoms with van der Waals surface area (Å²) >= 11 is 0. The Morgan fingerprint density at radius 2 is 2.21 bits per heavy atom. The summed E-state index contributed by atoms with van der Waals surface area (Å²) in [6.45, 7) is 9.25. The van der Waals surface area contributed by atoms with E-state index in [1.807, 2.05) is 6.92 Å². The fourth-order valence-corrected chi connectivity index (χ4v) is 0.971. The Morgan fingerprint density at radius 1 is 1.64 bits per heavy atom. The summed E-state index contributed by atoms with van der Waals surface area (Å²) in [5, 5.41) is 0. The van der Waals surface area contributed by atoms with E-state index in [4.69, 9.17) is 5.73 Å². The standard InChI is InChI=1S/C11H17NO2/c1-5-6-8(2)7-9(3)10(12)11(13)14-4/h5,7,10H,1,3,6,12H2,2,4H3/b8-7+. The SMILES string of the molecule is C=CC/C(C)=C/C(=C)C(N)C(=O)OC. The highest BCUT2D eigenvalue weighted by atomic mass is 16.5. The second kappa shape index (κ2) is 6.16. The second-order valence-corrected chi connectivity index (χ2v) is 3.06. The van der Waals surface area contributed by atoms with Gasteiger partial charge >= 0.3 is 5.97 Å². The Labute approximate surface area is 84.9 Å². The topological polar surface area (TPSA) is 52.3 Å². The number of carbonyl (C=O) groups is 1. The van der Waals surface area contributed by atoms with Crippen LogP contribution in [0, 0.1) is 0 Å². The van der Waals surface area contributed by atoms with Crippen LogP contribution in [0.4, 0.5) is 0 Å². The molecule has 0 heterocycles. The number of methoxy groups -OCH3 is 1. The van der Waals surface area contributed by atoms with Crippen LogP contribution in [0.3, 0.4) is 0 Å². The highest BCUT2D eigenvalue weighted by Gasteiger charge is 2.15. The molecule has 0 radical (unpaired) electrons. The number of hydrogen-bond acceptors (Lipinski definition) is 3. The lowest BCUT2D eigenvalue weighted by molar-refractivity contribution is -0.141. The van der Waals surface area contributed by atoms with Crippen molar-refractivity contribution in [2.24, 2.45) is 5.73 Å². The van der Waals surface area contributed by atoms with Crippen molar-refractivity contribution in [3.8, 4) is 0 Å². The molecule has 2 N–H and O–H groups in total. The summed E-state index contributed by atoms with van der Waals surface area (Å²) in [4.78, 5) is 11.0. The van der Waals surface area contributed by atoms with Gasteiger partial charge in [-0.1, -0.05) is 24.3 Å². The van der Waals surface area contributed by atoms with Gasteiger partial charge in [-0.2, -0.15) is 0 Å².